The zero-order valence-electron chi connectivity index (χ0n) is 16.9. The molecule has 0 saturated carbocycles. The van der Waals surface area contributed by atoms with Gasteiger partial charge in [-0.1, -0.05) is 47.6 Å². The minimum Gasteiger partial charge on any atom is -0.353 e. The smallest absolute Gasteiger partial charge is 0.353 e. The number of carbonyl (C=O) groups is 1. The molecule has 1 atom stereocenters. The van der Waals surface area contributed by atoms with Crippen molar-refractivity contribution in [3.05, 3.63) is 59.1 Å². The largest absolute Gasteiger partial charge is 0.418 e. The Kier molecular flexibility index (Phi) is 6.96. The summed E-state index contributed by atoms with van der Waals surface area (Å²) in [6, 6.07) is 11.7. The maximum absolute atomic E-state index is 13.8. The number of aromatic nitrogens is 3. The monoisotopic (exact) mass is 468 g/mol. The molecule has 0 spiro atoms. The summed E-state index contributed by atoms with van der Waals surface area (Å²) >= 11 is 7.11. The van der Waals surface area contributed by atoms with Gasteiger partial charge in [-0.2, -0.15) is 13.2 Å². The fraction of sp³-hybridized carbons (Fsp3) is 0.286. The summed E-state index contributed by atoms with van der Waals surface area (Å²) in [5, 5.41) is 11.0. The lowest BCUT2D eigenvalue weighted by atomic mass is 10.1. The Morgan fingerprint density at radius 2 is 1.81 bits per heavy atom. The van der Waals surface area contributed by atoms with Crippen molar-refractivity contribution in [3.8, 4) is 17.1 Å². The van der Waals surface area contributed by atoms with Crippen LogP contribution in [0.3, 0.4) is 0 Å². The van der Waals surface area contributed by atoms with E-state index in [0.717, 1.165) is 17.8 Å². The molecule has 1 unspecified atom stereocenters. The summed E-state index contributed by atoms with van der Waals surface area (Å²) in [5.41, 5.74) is -0.462. The predicted octanol–water partition coefficient (Wildman–Crippen LogP) is 5.61. The summed E-state index contributed by atoms with van der Waals surface area (Å²) in [4.78, 5) is 12.4. The van der Waals surface area contributed by atoms with Crippen LogP contribution in [0.15, 0.2) is 53.7 Å². The number of amides is 1. The molecule has 0 aliphatic carbocycles. The van der Waals surface area contributed by atoms with Gasteiger partial charge in [-0.15, -0.1) is 10.2 Å². The summed E-state index contributed by atoms with van der Waals surface area (Å²) < 4.78 is 42.6. The van der Waals surface area contributed by atoms with E-state index in [-0.39, 0.29) is 28.6 Å². The molecule has 31 heavy (non-hydrogen) atoms. The lowest BCUT2D eigenvalue weighted by Gasteiger charge is -2.18. The van der Waals surface area contributed by atoms with Gasteiger partial charge in [0.05, 0.1) is 16.5 Å². The molecule has 164 valence electrons. The lowest BCUT2D eigenvalue weighted by Crippen LogP contribution is -2.36. The Hall–Kier alpha value is -2.52. The second-order valence-electron chi connectivity index (χ2n) is 7.09. The van der Waals surface area contributed by atoms with Gasteiger partial charge < -0.3 is 5.32 Å². The van der Waals surface area contributed by atoms with E-state index in [2.05, 4.69) is 15.5 Å². The van der Waals surface area contributed by atoms with Crippen molar-refractivity contribution in [1.82, 2.24) is 20.1 Å². The number of nitrogens with zero attached hydrogens (tertiary/aromatic N) is 3. The Labute approximate surface area is 187 Å². The van der Waals surface area contributed by atoms with E-state index >= 15 is 0 Å². The van der Waals surface area contributed by atoms with Crippen LogP contribution in [0, 0.1) is 0 Å². The molecule has 10 heteroatoms. The first-order valence-electron chi connectivity index (χ1n) is 9.43. The second kappa shape index (κ2) is 9.32. The number of hydrogen-bond donors (Lipinski definition) is 1. The number of rotatable bonds is 6. The minimum absolute atomic E-state index is 0.0682. The Bertz CT molecular complexity index is 1080. The van der Waals surface area contributed by atoms with E-state index in [0.29, 0.717) is 10.6 Å². The van der Waals surface area contributed by atoms with Crippen molar-refractivity contribution >= 4 is 29.3 Å². The number of benzene rings is 2. The van der Waals surface area contributed by atoms with Crippen molar-refractivity contribution in [2.24, 2.45) is 0 Å². The third-order valence-electron chi connectivity index (χ3n) is 4.25. The Morgan fingerprint density at radius 1 is 1.10 bits per heavy atom. The van der Waals surface area contributed by atoms with Gasteiger partial charge in [0.2, 0.25) is 5.91 Å². The van der Waals surface area contributed by atoms with E-state index < -0.39 is 17.0 Å². The fourth-order valence-corrected chi connectivity index (χ4v) is 3.96. The molecular weight excluding hydrogens is 449 g/mol. The van der Waals surface area contributed by atoms with Crippen LogP contribution in [-0.4, -0.2) is 32.0 Å². The van der Waals surface area contributed by atoms with E-state index in [1.54, 1.807) is 31.2 Å². The Balaban J connectivity index is 2.16. The summed E-state index contributed by atoms with van der Waals surface area (Å²) in [6.45, 7) is 5.32. The first-order chi connectivity index (χ1) is 14.6. The van der Waals surface area contributed by atoms with Gasteiger partial charge in [-0.25, -0.2) is 0 Å². The first kappa shape index (κ1) is 23.1. The van der Waals surface area contributed by atoms with Crippen LogP contribution < -0.4 is 5.32 Å². The van der Waals surface area contributed by atoms with Gasteiger partial charge in [0, 0.05) is 16.6 Å². The molecule has 0 radical (unpaired) electrons. The topological polar surface area (TPSA) is 59.8 Å². The van der Waals surface area contributed by atoms with Crippen LogP contribution in [0.5, 0.6) is 0 Å². The molecule has 5 nitrogen and oxygen atoms in total. The van der Waals surface area contributed by atoms with Crippen molar-refractivity contribution in [2.45, 2.75) is 43.4 Å². The third kappa shape index (κ3) is 5.40. The van der Waals surface area contributed by atoms with Crippen molar-refractivity contribution < 1.29 is 18.0 Å². The third-order valence-corrected chi connectivity index (χ3v) is 5.53. The lowest BCUT2D eigenvalue weighted by molar-refractivity contribution is -0.137. The zero-order chi connectivity index (χ0) is 22.8. The molecule has 1 amide bonds. The van der Waals surface area contributed by atoms with Crippen molar-refractivity contribution in [3.63, 3.8) is 0 Å². The fourth-order valence-electron chi connectivity index (χ4n) is 2.90. The molecule has 2 aromatic carbocycles. The van der Waals surface area contributed by atoms with Crippen molar-refractivity contribution in [1.29, 1.82) is 0 Å². The van der Waals surface area contributed by atoms with Gasteiger partial charge in [0.1, 0.15) is 0 Å². The molecule has 0 aliphatic heterocycles. The number of para-hydroxylation sites is 1. The maximum Gasteiger partial charge on any atom is 0.418 e. The van der Waals surface area contributed by atoms with E-state index in [1.165, 1.54) is 22.8 Å². The van der Waals surface area contributed by atoms with Crippen LogP contribution in [-0.2, 0) is 11.0 Å². The highest BCUT2D eigenvalue weighted by Gasteiger charge is 2.35. The van der Waals surface area contributed by atoms with Gasteiger partial charge in [0.25, 0.3) is 0 Å². The average Bonchev–Trinajstić information content (AvgIpc) is 3.10. The average molecular weight is 469 g/mol. The standard InChI is InChI=1S/C21H20ClF3N4OS/c1-12(2)26-19(30)13(3)31-20-28-27-18(14-7-6-8-15(22)11-14)29(20)17-10-5-4-9-16(17)21(23,24)25/h4-13H,1-3H3,(H,26,30). The molecule has 1 aromatic heterocycles. The molecule has 0 aliphatic rings. The van der Waals surface area contributed by atoms with Crippen LogP contribution in [0.25, 0.3) is 17.1 Å². The van der Waals surface area contributed by atoms with Crippen molar-refractivity contribution in [2.75, 3.05) is 0 Å². The zero-order valence-corrected chi connectivity index (χ0v) is 18.5. The molecule has 0 bridgehead atoms. The predicted molar refractivity (Wildman–Crippen MR) is 115 cm³/mol. The number of carbonyl (C=O) groups excluding carboxylic acids is 1. The van der Waals surface area contributed by atoms with Crippen LogP contribution in [0.1, 0.15) is 26.3 Å². The van der Waals surface area contributed by atoms with Gasteiger partial charge in [-0.3, -0.25) is 9.36 Å². The SMILES string of the molecule is CC(C)NC(=O)C(C)Sc1nnc(-c2cccc(Cl)c2)n1-c1ccccc1C(F)(F)F. The number of alkyl halides is 3. The second-order valence-corrected chi connectivity index (χ2v) is 8.83. The first-order valence-corrected chi connectivity index (χ1v) is 10.7. The van der Waals surface area contributed by atoms with E-state index in [9.17, 15) is 18.0 Å². The molecular formula is C21H20ClF3N4OS. The molecule has 0 fully saturated rings. The highest BCUT2D eigenvalue weighted by molar-refractivity contribution is 8.00. The van der Waals surface area contributed by atoms with E-state index in [1.807, 2.05) is 13.8 Å². The van der Waals surface area contributed by atoms with Gasteiger partial charge >= 0.3 is 6.18 Å². The highest BCUT2D eigenvalue weighted by Crippen LogP contribution is 2.38. The van der Waals surface area contributed by atoms with E-state index in [4.69, 9.17) is 11.6 Å². The molecule has 1 heterocycles. The number of hydrogen-bond acceptors (Lipinski definition) is 4. The molecule has 1 N–H and O–H groups in total. The Morgan fingerprint density at radius 3 is 2.45 bits per heavy atom. The number of halogens is 4. The highest BCUT2D eigenvalue weighted by atomic mass is 35.5. The number of nitrogens with one attached hydrogen (secondary N) is 1. The van der Waals surface area contributed by atoms with Gasteiger partial charge in [-0.05, 0) is 45.0 Å². The molecule has 0 saturated heterocycles. The molecule has 3 rings (SSSR count). The van der Waals surface area contributed by atoms with Crippen LogP contribution >= 0.6 is 23.4 Å². The quantitative estimate of drug-likeness (QED) is 0.477. The minimum atomic E-state index is -4.59. The van der Waals surface area contributed by atoms with Crippen LogP contribution in [0.4, 0.5) is 13.2 Å². The summed E-state index contributed by atoms with van der Waals surface area (Å²) in [6.07, 6.45) is -4.59. The summed E-state index contributed by atoms with van der Waals surface area (Å²) in [5.74, 6) is -0.0545. The molecule has 3 aromatic rings. The van der Waals surface area contributed by atoms with Gasteiger partial charge in [0.15, 0.2) is 11.0 Å². The number of thioether (sulfide) groups is 1. The van der Waals surface area contributed by atoms with Crippen LogP contribution in [0.2, 0.25) is 5.02 Å². The summed E-state index contributed by atoms with van der Waals surface area (Å²) in [7, 11) is 0. The normalized spacial score (nSPS) is 12.8. The maximum atomic E-state index is 13.8.